The number of para-hydroxylation sites is 1. The van der Waals surface area contributed by atoms with Crippen molar-refractivity contribution in [1.29, 1.82) is 0 Å². The average Bonchev–Trinajstić information content (AvgIpc) is 3.76. The molecule has 16 nitrogen and oxygen atoms in total. The highest BCUT2D eigenvalue weighted by Crippen LogP contribution is 2.24. The molecule has 4 rings (SSSR count). The second kappa shape index (κ2) is 17.0. The monoisotopic (exact) mass is 723 g/mol. The number of aliphatic carboxylic acids is 1. The van der Waals surface area contributed by atoms with Crippen LogP contribution in [0.4, 0.5) is 18.0 Å². The number of carboxylic acid groups (broad SMARTS) is 1. The summed E-state index contributed by atoms with van der Waals surface area (Å²) in [6.07, 6.45) is -6.53. The number of carbonyl (C=O) groups is 6. The van der Waals surface area contributed by atoms with Crippen LogP contribution in [0.25, 0.3) is 5.69 Å². The zero-order valence-corrected chi connectivity index (χ0v) is 28.1. The van der Waals surface area contributed by atoms with Crippen molar-refractivity contribution in [3.8, 4) is 11.6 Å². The summed E-state index contributed by atoms with van der Waals surface area (Å²) in [5.41, 5.74) is 0.189. The minimum atomic E-state index is -4.62. The van der Waals surface area contributed by atoms with Crippen molar-refractivity contribution in [2.45, 2.75) is 63.9 Å². The molecule has 51 heavy (non-hydrogen) atoms. The van der Waals surface area contributed by atoms with Crippen LogP contribution in [0, 0.1) is 0 Å². The van der Waals surface area contributed by atoms with Gasteiger partial charge in [0.1, 0.15) is 18.6 Å². The minimum Gasteiger partial charge on any atom is -0.481 e. The summed E-state index contributed by atoms with van der Waals surface area (Å²) in [5.74, 6) is -4.27. The molecule has 2 aliphatic rings. The van der Waals surface area contributed by atoms with E-state index in [-0.39, 0.29) is 63.7 Å². The number of benzene rings is 1. The average molecular weight is 724 g/mol. The lowest BCUT2D eigenvalue weighted by Crippen LogP contribution is -2.56. The fourth-order valence-electron chi connectivity index (χ4n) is 5.69. The summed E-state index contributed by atoms with van der Waals surface area (Å²) in [6.45, 7) is 2.45. The SMILES string of the molecule is CCOC(=O)N1CCN(C(=O)[C@H](CCC(=O)O)NC(=O)c2cc(O[C@@H](C)C(=O)N3CCC[C@H]3C(=O)NCC(F)(F)F)n(-c3ccccc3)n2)CC1. The molecule has 2 aliphatic heterocycles. The standard InChI is InChI=1S/C32H40F3N7O9/c1-3-50-31(49)40-16-14-39(15-17-40)30(48)22(11-12-26(43)44)37-27(45)23-18-25(42(38-23)21-8-5-4-6-9-21)51-20(2)29(47)41-13-7-10-24(41)28(46)36-19-32(33,34)35/h4-6,8-9,18,20,22,24H,3,7,10-17,19H2,1-2H3,(H,36,46)(H,37,45)(H,43,44)/t20-,22-,24-/m0/s1. The van der Waals surface area contributed by atoms with Crippen molar-refractivity contribution in [3.63, 3.8) is 0 Å². The summed E-state index contributed by atoms with van der Waals surface area (Å²) < 4.78 is 50.2. The van der Waals surface area contributed by atoms with Crippen molar-refractivity contribution in [2.75, 3.05) is 45.9 Å². The largest absolute Gasteiger partial charge is 0.481 e. The van der Waals surface area contributed by atoms with Crippen molar-refractivity contribution < 1.29 is 56.5 Å². The van der Waals surface area contributed by atoms with E-state index >= 15 is 0 Å². The van der Waals surface area contributed by atoms with Gasteiger partial charge in [-0.15, -0.1) is 0 Å². The van der Waals surface area contributed by atoms with Gasteiger partial charge >= 0.3 is 18.2 Å². The molecule has 0 unspecified atom stereocenters. The van der Waals surface area contributed by atoms with E-state index in [0.29, 0.717) is 12.1 Å². The van der Waals surface area contributed by atoms with Crippen LogP contribution in [0.1, 0.15) is 50.0 Å². The second-order valence-electron chi connectivity index (χ2n) is 11.9. The quantitative estimate of drug-likeness (QED) is 0.273. The number of aromatic nitrogens is 2. The van der Waals surface area contributed by atoms with Gasteiger partial charge in [0, 0.05) is 45.2 Å². The van der Waals surface area contributed by atoms with Gasteiger partial charge in [-0.3, -0.25) is 24.0 Å². The Balaban J connectivity index is 1.51. The summed E-state index contributed by atoms with van der Waals surface area (Å²) >= 11 is 0. The first-order valence-electron chi connectivity index (χ1n) is 16.4. The number of rotatable bonds is 13. The van der Waals surface area contributed by atoms with E-state index in [1.54, 1.807) is 37.3 Å². The zero-order chi connectivity index (χ0) is 37.3. The first-order valence-corrected chi connectivity index (χ1v) is 16.4. The predicted molar refractivity (Wildman–Crippen MR) is 171 cm³/mol. The number of carbonyl (C=O) groups excluding carboxylic acids is 5. The number of halogens is 3. The smallest absolute Gasteiger partial charge is 0.409 e. The van der Waals surface area contributed by atoms with Crippen LogP contribution < -0.4 is 15.4 Å². The van der Waals surface area contributed by atoms with Gasteiger partial charge in [0.05, 0.1) is 12.3 Å². The van der Waals surface area contributed by atoms with Gasteiger partial charge in [0.2, 0.25) is 17.7 Å². The van der Waals surface area contributed by atoms with Crippen molar-refractivity contribution in [2.24, 2.45) is 0 Å². The maximum absolute atomic E-state index is 13.5. The van der Waals surface area contributed by atoms with Gasteiger partial charge in [-0.2, -0.15) is 18.3 Å². The molecular formula is C32H40F3N7O9. The Labute approximate surface area is 290 Å². The molecule has 2 fully saturated rings. The lowest BCUT2D eigenvalue weighted by molar-refractivity contribution is -0.147. The number of alkyl halides is 3. The molecule has 3 heterocycles. The van der Waals surface area contributed by atoms with Crippen LogP contribution >= 0.6 is 0 Å². The van der Waals surface area contributed by atoms with E-state index in [4.69, 9.17) is 9.47 Å². The van der Waals surface area contributed by atoms with Crippen LogP contribution in [-0.4, -0.2) is 136 Å². The summed E-state index contributed by atoms with van der Waals surface area (Å²) in [6, 6.07) is 7.23. The van der Waals surface area contributed by atoms with Crippen LogP contribution in [0.2, 0.25) is 0 Å². The van der Waals surface area contributed by atoms with Crippen LogP contribution in [-0.2, 0) is 23.9 Å². The van der Waals surface area contributed by atoms with E-state index in [1.165, 1.54) is 27.5 Å². The lowest BCUT2D eigenvalue weighted by atomic mass is 10.1. The number of hydrogen-bond donors (Lipinski definition) is 3. The number of carboxylic acids is 1. The molecular weight excluding hydrogens is 683 g/mol. The van der Waals surface area contributed by atoms with E-state index in [2.05, 4.69) is 10.4 Å². The third-order valence-electron chi connectivity index (χ3n) is 8.22. The molecule has 278 valence electrons. The Morgan fingerprint density at radius 1 is 1.00 bits per heavy atom. The molecule has 0 spiro atoms. The molecule has 1 aromatic carbocycles. The number of amides is 5. The summed E-state index contributed by atoms with van der Waals surface area (Å²) in [5, 5.41) is 18.0. The Kier molecular flexibility index (Phi) is 12.8. The maximum Gasteiger partial charge on any atom is 0.409 e. The van der Waals surface area contributed by atoms with Gasteiger partial charge in [0.25, 0.3) is 11.8 Å². The first kappa shape index (κ1) is 38.4. The number of nitrogens with one attached hydrogen (secondary N) is 2. The first-order chi connectivity index (χ1) is 24.2. The molecule has 5 amide bonds. The highest BCUT2D eigenvalue weighted by atomic mass is 19.4. The van der Waals surface area contributed by atoms with E-state index < -0.39 is 73.0 Å². The third kappa shape index (κ3) is 10.3. The normalized spacial score (nSPS) is 17.4. The number of hydrogen-bond acceptors (Lipinski definition) is 9. The highest BCUT2D eigenvalue weighted by Gasteiger charge is 2.39. The van der Waals surface area contributed by atoms with E-state index in [9.17, 15) is 47.0 Å². The molecule has 19 heteroatoms. The molecule has 3 N–H and O–H groups in total. The molecule has 2 saturated heterocycles. The molecule has 2 aromatic rings. The summed E-state index contributed by atoms with van der Waals surface area (Å²) in [7, 11) is 0. The third-order valence-corrected chi connectivity index (χ3v) is 8.22. The van der Waals surface area contributed by atoms with Crippen LogP contribution in [0.3, 0.4) is 0 Å². The molecule has 1 aromatic heterocycles. The topological polar surface area (TPSA) is 193 Å². The fraction of sp³-hybridized carbons (Fsp3) is 0.531. The lowest BCUT2D eigenvalue weighted by Gasteiger charge is -2.35. The summed E-state index contributed by atoms with van der Waals surface area (Å²) in [4.78, 5) is 80.4. The number of nitrogens with zero attached hydrogens (tertiary/aromatic N) is 5. The zero-order valence-electron chi connectivity index (χ0n) is 28.1. The predicted octanol–water partition coefficient (Wildman–Crippen LogP) is 1.57. The molecule has 0 saturated carbocycles. The molecule has 0 bridgehead atoms. The second-order valence-corrected chi connectivity index (χ2v) is 11.9. The van der Waals surface area contributed by atoms with Crippen LogP contribution in [0.15, 0.2) is 36.4 Å². The molecule has 3 atom stereocenters. The fourth-order valence-corrected chi connectivity index (χ4v) is 5.69. The van der Waals surface area contributed by atoms with Crippen molar-refractivity contribution in [1.82, 2.24) is 35.1 Å². The Morgan fingerprint density at radius 2 is 1.67 bits per heavy atom. The van der Waals surface area contributed by atoms with Gasteiger partial charge < -0.3 is 39.9 Å². The van der Waals surface area contributed by atoms with Gasteiger partial charge in [-0.05, 0) is 45.2 Å². The molecule has 0 aliphatic carbocycles. The van der Waals surface area contributed by atoms with Gasteiger partial charge in [-0.25, -0.2) is 9.48 Å². The maximum atomic E-state index is 13.5. The number of ether oxygens (including phenoxy) is 2. The van der Waals surface area contributed by atoms with Crippen LogP contribution in [0.5, 0.6) is 5.88 Å². The van der Waals surface area contributed by atoms with Gasteiger partial charge in [-0.1, -0.05) is 18.2 Å². The van der Waals surface area contributed by atoms with Gasteiger partial charge in [0.15, 0.2) is 11.8 Å². The molecule has 0 radical (unpaired) electrons. The van der Waals surface area contributed by atoms with E-state index in [1.807, 2.05) is 5.32 Å². The highest BCUT2D eigenvalue weighted by molar-refractivity contribution is 5.96. The number of likely N-dealkylation sites (tertiary alicyclic amines) is 1. The van der Waals surface area contributed by atoms with Crippen molar-refractivity contribution >= 4 is 35.7 Å². The Morgan fingerprint density at radius 3 is 2.29 bits per heavy atom. The minimum absolute atomic E-state index is 0.0760. The Bertz CT molecular complexity index is 1580. The van der Waals surface area contributed by atoms with Crippen molar-refractivity contribution in [3.05, 3.63) is 42.1 Å². The van der Waals surface area contributed by atoms with E-state index in [0.717, 1.165) is 4.90 Å². The number of piperazine rings is 1. The Hall–Kier alpha value is -5.36.